The first kappa shape index (κ1) is 23.6. The monoisotopic (exact) mass is 429 g/mol. The fourth-order valence-electron chi connectivity index (χ4n) is 2.12. The first-order valence-electron chi connectivity index (χ1n) is 8.64. The van der Waals surface area contributed by atoms with Crippen molar-refractivity contribution in [1.82, 2.24) is 10.4 Å². The number of aromatic nitrogens is 1. The van der Waals surface area contributed by atoms with E-state index in [1.54, 1.807) is 13.3 Å². The molecule has 1 heterocycles. The van der Waals surface area contributed by atoms with Crippen molar-refractivity contribution in [3.05, 3.63) is 30.0 Å². The molecule has 8 nitrogen and oxygen atoms in total. The number of carboxylic acid groups (broad SMARTS) is 1. The summed E-state index contributed by atoms with van der Waals surface area (Å²) >= 11 is 9.56. The van der Waals surface area contributed by atoms with Crippen LogP contribution in [0.15, 0.2) is 34.5 Å². The van der Waals surface area contributed by atoms with E-state index < -0.39 is 10.8 Å². The number of aliphatic carboxylic acids is 1. The number of unbranched alkanes of at least 4 members (excludes halogenated alkanes) is 2. The summed E-state index contributed by atoms with van der Waals surface area (Å²) in [5.74, 6) is -0.0604. The third-order valence-corrected chi connectivity index (χ3v) is 3.91. The largest absolute Gasteiger partial charge is 0.497 e. The van der Waals surface area contributed by atoms with E-state index in [1.807, 2.05) is 24.4 Å². The van der Waals surface area contributed by atoms with E-state index in [4.69, 9.17) is 38.8 Å². The SMILES string of the molecule is CCCCCN=C(N)N/N=C/c1c[nH]c2ccc(OC)cc12.O=C(O)C(Cl)Cl. The summed E-state index contributed by atoms with van der Waals surface area (Å²) in [6, 6.07) is 5.86. The van der Waals surface area contributed by atoms with Gasteiger partial charge >= 0.3 is 5.97 Å². The number of guanidine groups is 1. The van der Waals surface area contributed by atoms with Gasteiger partial charge in [0, 0.05) is 29.2 Å². The Morgan fingerprint density at radius 2 is 2.14 bits per heavy atom. The van der Waals surface area contributed by atoms with Gasteiger partial charge in [-0.2, -0.15) is 5.10 Å². The highest BCUT2D eigenvalue weighted by Crippen LogP contribution is 2.22. The Morgan fingerprint density at radius 3 is 2.75 bits per heavy atom. The van der Waals surface area contributed by atoms with Gasteiger partial charge in [0.1, 0.15) is 5.75 Å². The number of fused-ring (bicyclic) bond motifs is 1. The number of alkyl halides is 2. The van der Waals surface area contributed by atoms with E-state index >= 15 is 0 Å². The topological polar surface area (TPSA) is 125 Å². The number of carbonyl (C=O) groups is 1. The van der Waals surface area contributed by atoms with Gasteiger partial charge in [0.2, 0.25) is 10.8 Å². The van der Waals surface area contributed by atoms with Gasteiger partial charge in [-0.15, -0.1) is 0 Å². The quantitative estimate of drug-likeness (QED) is 0.168. The van der Waals surface area contributed by atoms with E-state index in [2.05, 4.69) is 27.4 Å². The minimum Gasteiger partial charge on any atom is -0.497 e. The minimum absolute atomic E-state index is 0.338. The van der Waals surface area contributed by atoms with Gasteiger partial charge in [0.15, 0.2) is 0 Å². The second-order valence-corrected chi connectivity index (χ2v) is 6.73. The first-order chi connectivity index (χ1) is 13.4. The predicted octanol–water partition coefficient (Wildman–Crippen LogP) is 3.48. The minimum atomic E-state index is -1.29. The molecule has 0 spiro atoms. The van der Waals surface area contributed by atoms with Crippen molar-refractivity contribution in [1.29, 1.82) is 0 Å². The van der Waals surface area contributed by atoms with Gasteiger partial charge in [0.25, 0.3) is 0 Å². The van der Waals surface area contributed by atoms with Crippen molar-refractivity contribution in [2.45, 2.75) is 31.0 Å². The number of aromatic amines is 1. The summed E-state index contributed by atoms with van der Waals surface area (Å²) in [4.78, 5) is 15.5. The Labute approximate surface area is 173 Å². The number of nitrogens with two attached hydrogens (primary N) is 1. The molecule has 0 amide bonds. The molecule has 0 saturated carbocycles. The molecule has 0 bridgehead atoms. The number of methoxy groups -OCH3 is 1. The van der Waals surface area contributed by atoms with Gasteiger partial charge in [-0.1, -0.05) is 43.0 Å². The number of hydrazone groups is 1. The Bertz CT molecular complexity index is 806. The first-order valence-corrected chi connectivity index (χ1v) is 9.51. The van der Waals surface area contributed by atoms with E-state index in [0.717, 1.165) is 41.6 Å². The van der Waals surface area contributed by atoms with Crippen LogP contribution in [-0.2, 0) is 4.79 Å². The second-order valence-electron chi connectivity index (χ2n) is 5.64. The molecule has 0 radical (unpaired) electrons. The number of halogens is 2. The number of ether oxygens (including phenoxy) is 1. The highest BCUT2D eigenvalue weighted by atomic mass is 35.5. The molecule has 1 aromatic heterocycles. The highest BCUT2D eigenvalue weighted by Gasteiger charge is 2.05. The number of hydrogen-bond donors (Lipinski definition) is 4. The summed E-state index contributed by atoms with van der Waals surface area (Å²) in [5.41, 5.74) is 10.5. The molecule has 0 atom stereocenters. The van der Waals surface area contributed by atoms with Crippen LogP contribution in [0, 0.1) is 0 Å². The molecule has 0 aliphatic rings. The lowest BCUT2D eigenvalue weighted by Crippen LogP contribution is -2.27. The smallest absolute Gasteiger partial charge is 0.337 e. The Balaban J connectivity index is 0.000000568. The Morgan fingerprint density at radius 1 is 1.43 bits per heavy atom. The van der Waals surface area contributed by atoms with E-state index in [0.29, 0.717) is 5.96 Å². The van der Waals surface area contributed by atoms with Crippen molar-refractivity contribution in [2.24, 2.45) is 15.8 Å². The average Bonchev–Trinajstić information content (AvgIpc) is 3.08. The van der Waals surface area contributed by atoms with Gasteiger partial charge in [-0.05, 0) is 24.6 Å². The molecule has 28 heavy (non-hydrogen) atoms. The molecule has 154 valence electrons. The average molecular weight is 430 g/mol. The summed E-state index contributed by atoms with van der Waals surface area (Å²) in [6.07, 6.45) is 6.99. The van der Waals surface area contributed by atoms with Crippen LogP contribution in [0.25, 0.3) is 10.9 Å². The van der Waals surface area contributed by atoms with Crippen LogP contribution in [0.3, 0.4) is 0 Å². The number of carboxylic acids is 1. The van der Waals surface area contributed by atoms with Crippen molar-refractivity contribution in [3.63, 3.8) is 0 Å². The molecule has 0 saturated heterocycles. The number of nitrogens with zero attached hydrogens (tertiary/aromatic N) is 2. The molecule has 0 aliphatic carbocycles. The van der Waals surface area contributed by atoms with Crippen LogP contribution in [-0.4, -0.2) is 46.7 Å². The molecule has 0 aliphatic heterocycles. The highest BCUT2D eigenvalue weighted by molar-refractivity contribution is 6.52. The fraction of sp³-hybridized carbons (Fsp3) is 0.389. The Kier molecular flexibility index (Phi) is 10.8. The number of aliphatic imine (C=N–C) groups is 1. The van der Waals surface area contributed by atoms with Gasteiger partial charge < -0.3 is 20.6 Å². The molecule has 2 rings (SSSR count). The third kappa shape index (κ3) is 8.49. The van der Waals surface area contributed by atoms with Gasteiger partial charge in [-0.25, -0.2) is 10.2 Å². The summed E-state index contributed by atoms with van der Waals surface area (Å²) < 4.78 is 5.24. The molecule has 2 aromatic rings. The van der Waals surface area contributed by atoms with Crippen molar-refractivity contribution >= 4 is 52.2 Å². The van der Waals surface area contributed by atoms with Crippen LogP contribution in [0.2, 0.25) is 0 Å². The maximum Gasteiger partial charge on any atom is 0.337 e. The molecule has 0 unspecified atom stereocenters. The lowest BCUT2D eigenvalue weighted by atomic mass is 10.2. The summed E-state index contributed by atoms with van der Waals surface area (Å²) in [7, 11) is 1.65. The van der Waals surface area contributed by atoms with Crippen molar-refractivity contribution < 1.29 is 14.6 Å². The van der Waals surface area contributed by atoms with Crippen LogP contribution in [0.4, 0.5) is 0 Å². The molecular formula is C18H25Cl2N5O3. The van der Waals surface area contributed by atoms with E-state index in [-0.39, 0.29) is 0 Å². The Hall–Kier alpha value is -2.45. The zero-order chi connectivity index (χ0) is 20.9. The molecule has 0 fully saturated rings. The normalized spacial score (nSPS) is 11.5. The van der Waals surface area contributed by atoms with E-state index in [9.17, 15) is 4.79 Å². The number of rotatable bonds is 8. The van der Waals surface area contributed by atoms with Crippen LogP contribution >= 0.6 is 23.2 Å². The molecular weight excluding hydrogens is 405 g/mol. The zero-order valence-electron chi connectivity index (χ0n) is 15.8. The lowest BCUT2D eigenvalue weighted by molar-refractivity contribution is -0.135. The fourth-order valence-corrected chi connectivity index (χ4v) is 2.12. The number of hydrogen-bond acceptors (Lipinski definition) is 4. The van der Waals surface area contributed by atoms with Crippen LogP contribution in [0.1, 0.15) is 31.7 Å². The number of benzene rings is 1. The van der Waals surface area contributed by atoms with Gasteiger partial charge in [0.05, 0.1) is 13.3 Å². The van der Waals surface area contributed by atoms with Crippen molar-refractivity contribution in [3.8, 4) is 5.75 Å². The number of H-pyrrole nitrogens is 1. The third-order valence-electron chi connectivity index (χ3n) is 3.53. The predicted molar refractivity (Wildman–Crippen MR) is 115 cm³/mol. The standard InChI is InChI=1S/C16H23N5O.C2H2Cl2O2/c1-3-4-5-8-18-16(17)21-20-11-12-10-19-15-7-6-13(22-2)9-14(12)15;3-1(4)2(5)6/h6-7,9-11,19H,3-5,8H2,1-2H3,(H3,17,18,21);1H,(H,5,6)/b20-11+;. The van der Waals surface area contributed by atoms with Crippen LogP contribution < -0.4 is 15.9 Å². The molecule has 1 aromatic carbocycles. The maximum absolute atomic E-state index is 9.44. The zero-order valence-corrected chi connectivity index (χ0v) is 17.3. The van der Waals surface area contributed by atoms with Crippen molar-refractivity contribution in [2.75, 3.05) is 13.7 Å². The second kappa shape index (κ2) is 12.9. The lowest BCUT2D eigenvalue weighted by Gasteiger charge is -2.00. The summed E-state index contributed by atoms with van der Waals surface area (Å²) in [5, 5.41) is 12.9. The van der Waals surface area contributed by atoms with Crippen LogP contribution in [0.5, 0.6) is 5.75 Å². The number of nitrogens with one attached hydrogen (secondary N) is 2. The summed E-state index contributed by atoms with van der Waals surface area (Å²) in [6.45, 7) is 2.89. The maximum atomic E-state index is 9.44. The van der Waals surface area contributed by atoms with E-state index in [1.165, 1.54) is 6.42 Å². The molecule has 5 N–H and O–H groups in total. The molecule has 10 heteroatoms. The van der Waals surface area contributed by atoms with Gasteiger partial charge in [-0.3, -0.25) is 4.99 Å².